The van der Waals surface area contributed by atoms with Gasteiger partial charge in [-0.05, 0) is 44.7 Å². The van der Waals surface area contributed by atoms with Gasteiger partial charge in [-0.3, -0.25) is 0 Å². The number of allylic oxidation sites excluding steroid dienone is 1. The number of aliphatic hydroxyl groups excluding tert-OH is 1. The first-order chi connectivity index (χ1) is 15.1. The van der Waals surface area contributed by atoms with Gasteiger partial charge in [-0.15, -0.1) is 0 Å². The fourth-order valence-electron chi connectivity index (χ4n) is 4.80. The Hall–Kier alpha value is -2.25. The lowest BCUT2D eigenvalue weighted by atomic mass is 9.78. The van der Waals surface area contributed by atoms with Crippen LogP contribution in [0.5, 0.6) is 17.2 Å². The summed E-state index contributed by atoms with van der Waals surface area (Å²) >= 11 is 0. The summed E-state index contributed by atoms with van der Waals surface area (Å²) in [6, 6.07) is 3.16. The van der Waals surface area contributed by atoms with Crippen molar-refractivity contribution in [3.63, 3.8) is 0 Å². The maximum Gasteiger partial charge on any atom is 0.338 e. The molecule has 0 radical (unpaired) electrons. The van der Waals surface area contributed by atoms with E-state index in [9.17, 15) is 9.90 Å². The molecule has 2 aliphatic rings. The first-order valence-electron chi connectivity index (χ1n) is 11.2. The monoisotopic (exact) mass is 448 g/mol. The molecular formula is C25H36O7. The molecule has 1 aliphatic heterocycles. The molecule has 0 aromatic heterocycles. The predicted molar refractivity (Wildman–Crippen MR) is 121 cm³/mol. The Morgan fingerprint density at radius 1 is 1.16 bits per heavy atom. The van der Waals surface area contributed by atoms with Gasteiger partial charge in [0.15, 0.2) is 11.5 Å². The van der Waals surface area contributed by atoms with E-state index in [1.165, 1.54) is 21.3 Å². The quantitative estimate of drug-likeness (QED) is 0.397. The maximum absolute atomic E-state index is 13.2. The highest BCUT2D eigenvalue weighted by molar-refractivity contribution is 5.91. The van der Waals surface area contributed by atoms with E-state index in [1.54, 1.807) is 12.1 Å². The molecule has 1 aromatic carbocycles. The van der Waals surface area contributed by atoms with Gasteiger partial charge in [0, 0.05) is 12.3 Å². The van der Waals surface area contributed by atoms with Gasteiger partial charge in [-0.25, -0.2) is 4.79 Å². The molecule has 1 heterocycles. The summed E-state index contributed by atoms with van der Waals surface area (Å²) in [5.74, 6) is 0.477. The molecule has 0 amide bonds. The number of rotatable bonds is 6. The van der Waals surface area contributed by atoms with E-state index < -0.39 is 18.2 Å². The van der Waals surface area contributed by atoms with Crippen LogP contribution in [0, 0.1) is 11.8 Å². The smallest absolute Gasteiger partial charge is 0.338 e. The minimum atomic E-state index is -0.719. The number of benzene rings is 1. The molecule has 3 rings (SSSR count). The number of fused-ring (bicyclic) bond motifs is 1. The lowest BCUT2D eigenvalue weighted by Crippen LogP contribution is -2.43. The Kier molecular flexibility index (Phi) is 7.40. The molecule has 7 nitrogen and oxygen atoms in total. The van der Waals surface area contributed by atoms with Crippen molar-refractivity contribution in [3.05, 3.63) is 29.3 Å². The lowest BCUT2D eigenvalue weighted by molar-refractivity contribution is -0.0419. The van der Waals surface area contributed by atoms with Crippen molar-refractivity contribution in [1.29, 1.82) is 0 Å². The molecule has 178 valence electrons. The highest BCUT2D eigenvalue weighted by Crippen LogP contribution is 2.47. The summed E-state index contributed by atoms with van der Waals surface area (Å²) in [6.07, 6.45) is 3.00. The van der Waals surface area contributed by atoms with E-state index in [4.69, 9.17) is 23.7 Å². The van der Waals surface area contributed by atoms with Crippen LogP contribution in [-0.2, 0) is 9.47 Å². The topological polar surface area (TPSA) is 86.8 Å². The van der Waals surface area contributed by atoms with Crippen LogP contribution in [0.2, 0.25) is 0 Å². The van der Waals surface area contributed by atoms with E-state index in [-0.39, 0.29) is 23.5 Å². The van der Waals surface area contributed by atoms with Gasteiger partial charge in [0.05, 0.1) is 38.6 Å². The van der Waals surface area contributed by atoms with E-state index in [0.29, 0.717) is 29.2 Å². The normalized spacial score (nSPS) is 30.1. The minimum absolute atomic E-state index is 0.0865. The molecule has 5 atom stereocenters. The number of hydrogen-bond acceptors (Lipinski definition) is 7. The third kappa shape index (κ3) is 4.89. The molecule has 0 bridgehead atoms. The average molecular weight is 449 g/mol. The number of ether oxygens (including phenoxy) is 5. The van der Waals surface area contributed by atoms with Gasteiger partial charge < -0.3 is 28.8 Å². The second-order valence-electron chi connectivity index (χ2n) is 9.31. The number of methoxy groups -OCH3 is 3. The molecule has 0 unspecified atom stereocenters. The number of epoxide rings is 1. The highest BCUT2D eigenvalue weighted by atomic mass is 16.6. The summed E-state index contributed by atoms with van der Waals surface area (Å²) in [5.41, 5.74) is 1.10. The van der Waals surface area contributed by atoms with Gasteiger partial charge >= 0.3 is 5.97 Å². The Morgan fingerprint density at radius 3 is 2.31 bits per heavy atom. The van der Waals surface area contributed by atoms with Gasteiger partial charge in [-0.2, -0.15) is 0 Å². The summed E-state index contributed by atoms with van der Waals surface area (Å²) in [4.78, 5) is 13.2. The van der Waals surface area contributed by atoms with Crippen LogP contribution in [0.4, 0.5) is 0 Å². The van der Waals surface area contributed by atoms with Crippen LogP contribution in [0.1, 0.15) is 57.3 Å². The second kappa shape index (κ2) is 9.71. The van der Waals surface area contributed by atoms with E-state index in [0.717, 1.165) is 18.4 Å². The van der Waals surface area contributed by atoms with Crippen molar-refractivity contribution in [1.82, 2.24) is 0 Å². The van der Waals surface area contributed by atoms with Gasteiger partial charge in [0.1, 0.15) is 12.2 Å². The number of hydrogen-bond donors (Lipinski definition) is 1. The molecule has 1 aromatic rings. The number of esters is 1. The van der Waals surface area contributed by atoms with Gasteiger partial charge in [0.25, 0.3) is 0 Å². The maximum atomic E-state index is 13.2. The van der Waals surface area contributed by atoms with E-state index in [1.807, 2.05) is 27.7 Å². The number of carbonyl (C=O) groups excluding carboxylic acids is 1. The zero-order chi connectivity index (χ0) is 23.6. The number of carbonyl (C=O) groups is 1. The number of aliphatic hydroxyl groups is 1. The molecule has 1 aliphatic carbocycles. The highest BCUT2D eigenvalue weighted by Gasteiger charge is 2.58. The summed E-state index contributed by atoms with van der Waals surface area (Å²) < 4.78 is 28.1. The van der Waals surface area contributed by atoms with Crippen LogP contribution < -0.4 is 14.2 Å². The zero-order valence-electron chi connectivity index (χ0n) is 20.1. The Bertz CT molecular complexity index is 837. The average Bonchev–Trinajstić information content (AvgIpc) is 3.43. The van der Waals surface area contributed by atoms with Crippen molar-refractivity contribution in [2.24, 2.45) is 11.8 Å². The molecule has 1 fully saturated rings. The third-order valence-electron chi connectivity index (χ3n) is 6.66. The largest absolute Gasteiger partial charge is 0.493 e. The fraction of sp³-hybridized carbons (Fsp3) is 0.640. The van der Waals surface area contributed by atoms with Crippen LogP contribution in [0.25, 0.3) is 0 Å². The molecular weight excluding hydrogens is 412 g/mol. The van der Waals surface area contributed by atoms with Crippen molar-refractivity contribution >= 4 is 5.97 Å². The Morgan fingerprint density at radius 2 is 1.78 bits per heavy atom. The standard InChI is InChI=1S/C25H36O7/c1-14(2)20-17(11-15(3)9-8-10-25(4)23(32-25)21(20)26)31-24(27)16-12-18(28-5)22(30-7)19(13-16)29-6/h9,12-14,17,20-21,23,26H,8,10-11H2,1-7H3/t17-,20-,21+,23+,25+/m0/s1. The van der Waals surface area contributed by atoms with Crippen molar-refractivity contribution in [2.45, 2.75) is 70.9 Å². The second-order valence-corrected chi connectivity index (χ2v) is 9.31. The molecule has 0 saturated carbocycles. The third-order valence-corrected chi connectivity index (χ3v) is 6.66. The molecule has 0 spiro atoms. The molecule has 7 heteroatoms. The molecule has 1 saturated heterocycles. The first kappa shape index (κ1) is 24.4. The Labute approximate surface area is 190 Å². The molecule has 32 heavy (non-hydrogen) atoms. The van der Waals surface area contributed by atoms with E-state index >= 15 is 0 Å². The SMILES string of the molecule is COc1cc(C(=O)O[C@H]2CC(C)=CCC[C@@]3(C)O[C@@H]3[C@H](O)[C@H]2C(C)C)cc(OC)c1OC. The minimum Gasteiger partial charge on any atom is -0.493 e. The van der Waals surface area contributed by atoms with Crippen LogP contribution in [0.3, 0.4) is 0 Å². The predicted octanol–water partition coefficient (Wildman–Crippen LogP) is 4.16. The van der Waals surface area contributed by atoms with Crippen LogP contribution in [0.15, 0.2) is 23.8 Å². The molecule has 1 N–H and O–H groups in total. The van der Waals surface area contributed by atoms with Crippen LogP contribution in [-0.4, -0.2) is 56.3 Å². The van der Waals surface area contributed by atoms with Crippen molar-refractivity contribution < 1.29 is 33.6 Å². The summed E-state index contributed by atoms with van der Waals surface area (Å²) in [5, 5.41) is 11.2. The van der Waals surface area contributed by atoms with Gasteiger partial charge in [0.2, 0.25) is 5.75 Å². The van der Waals surface area contributed by atoms with Crippen molar-refractivity contribution in [2.75, 3.05) is 21.3 Å². The summed E-state index contributed by atoms with van der Waals surface area (Å²) in [6.45, 7) is 8.16. The zero-order valence-corrected chi connectivity index (χ0v) is 20.1. The van der Waals surface area contributed by atoms with Crippen LogP contribution >= 0.6 is 0 Å². The first-order valence-corrected chi connectivity index (χ1v) is 11.2. The Balaban J connectivity index is 1.93. The van der Waals surface area contributed by atoms with Crippen molar-refractivity contribution in [3.8, 4) is 17.2 Å². The van der Waals surface area contributed by atoms with Gasteiger partial charge in [-0.1, -0.05) is 25.5 Å². The lowest BCUT2D eigenvalue weighted by Gasteiger charge is -2.34. The summed E-state index contributed by atoms with van der Waals surface area (Å²) in [7, 11) is 4.51. The fourth-order valence-corrected chi connectivity index (χ4v) is 4.80. The van der Waals surface area contributed by atoms with E-state index in [2.05, 4.69) is 6.08 Å².